The van der Waals surface area contributed by atoms with Gasteiger partial charge in [0.1, 0.15) is 0 Å². The summed E-state index contributed by atoms with van der Waals surface area (Å²) < 4.78 is 0. The molecule has 8 aromatic carbocycles. The third kappa shape index (κ3) is 5.03. The lowest BCUT2D eigenvalue weighted by atomic mass is 9.70. The summed E-state index contributed by atoms with van der Waals surface area (Å²) in [6.07, 6.45) is 0. The van der Waals surface area contributed by atoms with E-state index in [1.165, 1.54) is 27.8 Å². The van der Waals surface area contributed by atoms with Gasteiger partial charge in [0.2, 0.25) is 0 Å². The molecule has 4 nitrogen and oxygen atoms in total. The second kappa shape index (κ2) is 12.9. The summed E-state index contributed by atoms with van der Waals surface area (Å²) >= 11 is 0. The van der Waals surface area contributed by atoms with Crippen molar-refractivity contribution >= 4 is 5.69 Å². The highest BCUT2D eigenvalue weighted by molar-refractivity contribution is 6.00. The van der Waals surface area contributed by atoms with Gasteiger partial charge >= 0.3 is 0 Å². The van der Waals surface area contributed by atoms with Gasteiger partial charge in [-0.3, -0.25) is 0 Å². The summed E-state index contributed by atoms with van der Waals surface area (Å²) in [6.45, 7) is 8.26. The van der Waals surface area contributed by atoms with Gasteiger partial charge in [-0.15, -0.1) is 0 Å². The van der Waals surface area contributed by atoms with E-state index in [4.69, 9.17) is 21.5 Å². The fourth-order valence-electron chi connectivity index (χ4n) is 9.10. The minimum absolute atomic E-state index is 0.508. The molecule has 1 aromatic heterocycles. The number of nitrogens with zero attached hydrogens (tertiary/aromatic N) is 4. The second-order valence-electron chi connectivity index (χ2n) is 14.6. The summed E-state index contributed by atoms with van der Waals surface area (Å²) in [4.78, 5) is 19.3. The standard InChI is InChI=1S/C53H32N4/c1-54-48-28-14-27-47-49(48)43-33-38(29-30-46(43)53(47)44-25-10-8-23-41(44)42-24-9-11-26-45(42)53)37-20-13-22-40(32-37)52-56-50(35-17-6-3-7-18-35)55-51(57-52)39-21-12-19-36(31-39)34-15-4-2-5-16-34/h2-33H. The first kappa shape index (κ1) is 32.7. The van der Waals surface area contributed by atoms with Crippen LogP contribution >= 0.6 is 0 Å². The molecule has 2 aliphatic rings. The molecule has 0 atom stereocenters. The molecule has 0 unspecified atom stereocenters. The van der Waals surface area contributed by atoms with Crippen molar-refractivity contribution in [2.24, 2.45) is 0 Å². The van der Waals surface area contributed by atoms with E-state index < -0.39 is 5.41 Å². The molecule has 11 rings (SSSR count). The van der Waals surface area contributed by atoms with E-state index in [2.05, 4.69) is 150 Å². The van der Waals surface area contributed by atoms with E-state index in [9.17, 15) is 0 Å². The minimum Gasteiger partial charge on any atom is -0.238 e. The number of aromatic nitrogens is 3. The average molecular weight is 725 g/mol. The number of fused-ring (bicyclic) bond motifs is 10. The van der Waals surface area contributed by atoms with Crippen LogP contribution in [0.25, 0.3) is 83.5 Å². The summed E-state index contributed by atoms with van der Waals surface area (Å²) in [5.74, 6) is 1.84. The lowest BCUT2D eigenvalue weighted by molar-refractivity contribution is 0.794. The molecule has 1 heterocycles. The van der Waals surface area contributed by atoms with Gasteiger partial charge in [0.05, 0.1) is 12.0 Å². The summed E-state index contributed by atoms with van der Waals surface area (Å²) in [6, 6.07) is 67.8. The summed E-state index contributed by atoms with van der Waals surface area (Å²) in [5.41, 5.74) is 16.7. The molecule has 1 spiro atoms. The number of rotatable bonds is 5. The Bertz CT molecular complexity index is 3040. The lowest BCUT2D eigenvalue weighted by Crippen LogP contribution is -2.25. The van der Waals surface area contributed by atoms with Crippen LogP contribution in [-0.4, -0.2) is 15.0 Å². The van der Waals surface area contributed by atoms with E-state index >= 15 is 0 Å². The Hall–Kier alpha value is -7.74. The first-order valence-electron chi connectivity index (χ1n) is 19.1. The lowest BCUT2D eigenvalue weighted by Gasteiger charge is -2.30. The first-order valence-corrected chi connectivity index (χ1v) is 19.1. The van der Waals surface area contributed by atoms with Crippen molar-refractivity contribution in [2.75, 3.05) is 0 Å². The molecule has 0 N–H and O–H groups in total. The topological polar surface area (TPSA) is 43.0 Å². The molecule has 2 aliphatic carbocycles. The molecule has 264 valence electrons. The molecular formula is C53H32N4. The maximum absolute atomic E-state index is 8.26. The Labute approximate surface area is 331 Å². The Balaban J connectivity index is 1.07. The van der Waals surface area contributed by atoms with E-state index in [0.29, 0.717) is 23.2 Å². The Morgan fingerprint density at radius 3 is 1.39 bits per heavy atom. The predicted octanol–water partition coefficient (Wildman–Crippen LogP) is 13.1. The van der Waals surface area contributed by atoms with Crippen LogP contribution in [0.5, 0.6) is 0 Å². The van der Waals surface area contributed by atoms with Gasteiger partial charge < -0.3 is 0 Å². The van der Waals surface area contributed by atoms with Gasteiger partial charge in [-0.2, -0.15) is 0 Å². The van der Waals surface area contributed by atoms with E-state index in [0.717, 1.165) is 55.6 Å². The zero-order valence-corrected chi connectivity index (χ0v) is 30.8. The van der Waals surface area contributed by atoms with Crippen molar-refractivity contribution in [3.05, 3.63) is 228 Å². The van der Waals surface area contributed by atoms with E-state index in [1.807, 2.05) is 48.5 Å². The van der Waals surface area contributed by atoms with Gasteiger partial charge in [0, 0.05) is 16.7 Å². The van der Waals surface area contributed by atoms with Crippen LogP contribution < -0.4 is 0 Å². The smallest absolute Gasteiger partial charge is 0.195 e. The van der Waals surface area contributed by atoms with Crippen molar-refractivity contribution < 1.29 is 0 Å². The predicted molar refractivity (Wildman–Crippen MR) is 230 cm³/mol. The van der Waals surface area contributed by atoms with Gasteiger partial charge in [0.15, 0.2) is 23.2 Å². The maximum Gasteiger partial charge on any atom is 0.195 e. The normalized spacial score (nSPS) is 12.7. The van der Waals surface area contributed by atoms with Gasteiger partial charge in [0.25, 0.3) is 0 Å². The molecule has 0 saturated heterocycles. The van der Waals surface area contributed by atoms with Gasteiger partial charge in [-0.05, 0) is 85.0 Å². The quantitative estimate of drug-likeness (QED) is 0.166. The zero-order chi connectivity index (χ0) is 37.9. The van der Waals surface area contributed by atoms with Crippen LogP contribution in [0, 0.1) is 6.57 Å². The maximum atomic E-state index is 8.26. The fourth-order valence-corrected chi connectivity index (χ4v) is 9.10. The third-order valence-corrected chi connectivity index (χ3v) is 11.6. The highest BCUT2D eigenvalue weighted by Crippen LogP contribution is 2.64. The largest absolute Gasteiger partial charge is 0.238 e. The molecule has 9 aromatic rings. The molecule has 0 amide bonds. The molecule has 57 heavy (non-hydrogen) atoms. The average Bonchev–Trinajstić information content (AvgIpc) is 3.77. The zero-order valence-electron chi connectivity index (χ0n) is 30.8. The van der Waals surface area contributed by atoms with Crippen molar-refractivity contribution in [3.63, 3.8) is 0 Å². The van der Waals surface area contributed by atoms with Gasteiger partial charge in [-0.1, -0.05) is 176 Å². The summed E-state index contributed by atoms with van der Waals surface area (Å²) in [5, 5.41) is 0. The van der Waals surface area contributed by atoms with Crippen LogP contribution in [-0.2, 0) is 5.41 Å². The third-order valence-electron chi connectivity index (χ3n) is 11.6. The van der Waals surface area contributed by atoms with Crippen LogP contribution in [0.2, 0.25) is 0 Å². The molecule has 0 bridgehead atoms. The number of hydrogen-bond acceptors (Lipinski definition) is 3. The molecular weight excluding hydrogens is 693 g/mol. The van der Waals surface area contributed by atoms with Crippen molar-refractivity contribution in [2.45, 2.75) is 5.41 Å². The highest BCUT2D eigenvalue weighted by Gasteiger charge is 2.51. The van der Waals surface area contributed by atoms with Crippen LogP contribution in [0.15, 0.2) is 194 Å². The van der Waals surface area contributed by atoms with Crippen LogP contribution in [0.3, 0.4) is 0 Å². The van der Waals surface area contributed by atoms with Crippen LogP contribution in [0.1, 0.15) is 22.3 Å². The monoisotopic (exact) mass is 724 g/mol. The molecule has 0 saturated carbocycles. The van der Waals surface area contributed by atoms with E-state index in [-0.39, 0.29) is 0 Å². The highest BCUT2D eigenvalue weighted by atomic mass is 15.0. The van der Waals surface area contributed by atoms with Crippen molar-refractivity contribution in [1.82, 2.24) is 15.0 Å². The molecule has 0 aliphatic heterocycles. The Morgan fingerprint density at radius 2 is 0.772 bits per heavy atom. The Morgan fingerprint density at radius 1 is 0.333 bits per heavy atom. The SMILES string of the molecule is [C-]#[N+]c1cccc2c1-c1cc(-c3cccc(-c4nc(-c5ccccc5)nc(-c5cccc(-c6ccccc6)c5)n4)c3)ccc1C21c2ccccc2-c2ccccc21. The molecule has 0 fully saturated rings. The van der Waals surface area contributed by atoms with E-state index in [1.54, 1.807) is 0 Å². The van der Waals surface area contributed by atoms with Gasteiger partial charge in [-0.25, -0.2) is 19.8 Å². The van der Waals surface area contributed by atoms with Crippen LogP contribution in [0.4, 0.5) is 5.69 Å². The first-order chi connectivity index (χ1) is 28.2. The van der Waals surface area contributed by atoms with Crippen molar-refractivity contribution in [3.8, 4) is 78.7 Å². The van der Waals surface area contributed by atoms with Crippen molar-refractivity contribution in [1.29, 1.82) is 0 Å². The minimum atomic E-state index is -0.508. The summed E-state index contributed by atoms with van der Waals surface area (Å²) in [7, 11) is 0. The molecule has 4 heteroatoms. The fraction of sp³-hybridized carbons (Fsp3) is 0.0189. The number of hydrogen-bond donors (Lipinski definition) is 0. The number of benzene rings is 8. The second-order valence-corrected chi connectivity index (χ2v) is 14.6. The molecule has 0 radical (unpaired) electrons. The Kier molecular flexibility index (Phi) is 7.42.